The van der Waals surface area contributed by atoms with Crippen molar-refractivity contribution in [3.8, 4) is 5.75 Å². The summed E-state index contributed by atoms with van der Waals surface area (Å²) in [5, 5.41) is 3.49. The summed E-state index contributed by atoms with van der Waals surface area (Å²) < 4.78 is 7.46. The number of nitrogens with one attached hydrogen (secondary N) is 1. The second kappa shape index (κ2) is 5.10. The van der Waals surface area contributed by atoms with Gasteiger partial charge in [-0.2, -0.15) is 0 Å². The van der Waals surface area contributed by atoms with Gasteiger partial charge in [-0.05, 0) is 44.5 Å². The minimum Gasteiger partial charge on any atom is -0.489 e. The topological polar surface area (TPSA) is 21.3 Å². The first-order valence-electron chi connectivity index (χ1n) is 7.26. The van der Waals surface area contributed by atoms with Gasteiger partial charge in [0.15, 0.2) is 0 Å². The van der Waals surface area contributed by atoms with E-state index < -0.39 is 0 Å². The highest BCUT2D eigenvalue weighted by Gasteiger charge is 2.57. The molecule has 2 nitrogen and oxygen atoms in total. The van der Waals surface area contributed by atoms with Crippen LogP contribution < -0.4 is 10.1 Å². The van der Waals surface area contributed by atoms with E-state index in [1.165, 1.54) is 31.2 Å². The van der Waals surface area contributed by atoms with Crippen molar-refractivity contribution in [2.45, 2.75) is 51.2 Å². The van der Waals surface area contributed by atoms with Gasteiger partial charge in [0.2, 0.25) is 0 Å². The molecular weight excluding hydrogens is 302 g/mol. The van der Waals surface area contributed by atoms with E-state index in [0.717, 1.165) is 16.6 Å². The van der Waals surface area contributed by atoms with Crippen molar-refractivity contribution < 1.29 is 4.74 Å². The first-order chi connectivity index (χ1) is 9.15. The second-order valence-corrected chi connectivity index (χ2v) is 6.95. The molecule has 0 aromatic heterocycles. The highest BCUT2D eigenvalue weighted by Crippen LogP contribution is 2.54. The quantitative estimate of drug-likeness (QED) is 0.905. The summed E-state index contributed by atoms with van der Waals surface area (Å²) in [5.41, 5.74) is 1.62. The van der Waals surface area contributed by atoms with Gasteiger partial charge in [0.05, 0.1) is 0 Å². The maximum absolute atomic E-state index is 6.36. The molecule has 0 bridgehead atoms. The first kappa shape index (κ1) is 13.4. The fraction of sp³-hybridized carbons (Fsp3) is 0.625. The van der Waals surface area contributed by atoms with Gasteiger partial charge in [0, 0.05) is 22.4 Å². The number of hydrogen-bond acceptors (Lipinski definition) is 2. The van der Waals surface area contributed by atoms with Crippen LogP contribution in [0.15, 0.2) is 22.7 Å². The highest BCUT2D eigenvalue weighted by molar-refractivity contribution is 9.10. The van der Waals surface area contributed by atoms with E-state index in [1.807, 2.05) is 0 Å². The molecule has 2 saturated carbocycles. The van der Waals surface area contributed by atoms with E-state index in [-0.39, 0.29) is 0 Å². The molecule has 2 aliphatic rings. The van der Waals surface area contributed by atoms with E-state index in [0.29, 0.717) is 17.6 Å². The maximum Gasteiger partial charge on any atom is 0.123 e. The Kier molecular flexibility index (Phi) is 3.61. The summed E-state index contributed by atoms with van der Waals surface area (Å²) in [5.74, 6) is 1.04. The molecule has 0 saturated heterocycles. The van der Waals surface area contributed by atoms with Gasteiger partial charge in [0.1, 0.15) is 11.9 Å². The van der Waals surface area contributed by atoms with E-state index in [2.05, 4.69) is 53.4 Å². The SMILES string of the molecule is CNC1CC(Oc2cc(Br)ccc2C)C12CCCC2. The number of hydrogen-bond donors (Lipinski definition) is 1. The Labute approximate surface area is 124 Å². The van der Waals surface area contributed by atoms with Crippen LogP contribution in [0.3, 0.4) is 0 Å². The van der Waals surface area contributed by atoms with E-state index in [4.69, 9.17) is 4.74 Å². The Bertz CT molecular complexity index is 468. The van der Waals surface area contributed by atoms with Gasteiger partial charge >= 0.3 is 0 Å². The molecule has 0 amide bonds. The molecule has 104 valence electrons. The van der Waals surface area contributed by atoms with Gasteiger partial charge in [-0.15, -0.1) is 0 Å². The van der Waals surface area contributed by atoms with Gasteiger partial charge < -0.3 is 10.1 Å². The molecule has 0 aliphatic heterocycles. The Balaban J connectivity index is 1.78. The van der Waals surface area contributed by atoms with Crippen molar-refractivity contribution >= 4 is 15.9 Å². The van der Waals surface area contributed by atoms with Crippen LogP contribution in [0.2, 0.25) is 0 Å². The van der Waals surface area contributed by atoms with Crippen LogP contribution in [-0.4, -0.2) is 19.2 Å². The zero-order valence-corrected chi connectivity index (χ0v) is 13.3. The van der Waals surface area contributed by atoms with Crippen LogP contribution in [0, 0.1) is 12.3 Å². The Morgan fingerprint density at radius 3 is 2.74 bits per heavy atom. The molecule has 2 aliphatic carbocycles. The van der Waals surface area contributed by atoms with Crippen molar-refractivity contribution in [3.63, 3.8) is 0 Å². The fourth-order valence-corrected chi connectivity index (χ4v) is 4.22. The van der Waals surface area contributed by atoms with Crippen molar-refractivity contribution in [1.29, 1.82) is 0 Å². The summed E-state index contributed by atoms with van der Waals surface area (Å²) >= 11 is 3.53. The molecule has 1 N–H and O–H groups in total. The smallest absolute Gasteiger partial charge is 0.123 e. The molecular formula is C16H22BrNO. The molecule has 19 heavy (non-hydrogen) atoms. The monoisotopic (exact) mass is 323 g/mol. The number of ether oxygens (including phenoxy) is 1. The normalized spacial score (nSPS) is 28.4. The third-order valence-corrected chi connectivity index (χ3v) is 5.58. The molecule has 0 heterocycles. The zero-order chi connectivity index (χ0) is 13.5. The average Bonchev–Trinajstić information content (AvgIpc) is 2.90. The minimum absolute atomic E-state index is 0.389. The predicted octanol–water partition coefficient (Wildman–Crippen LogP) is 4.06. The van der Waals surface area contributed by atoms with Gasteiger partial charge in [-0.1, -0.05) is 34.8 Å². The van der Waals surface area contributed by atoms with Gasteiger partial charge in [-0.25, -0.2) is 0 Å². The molecule has 1 aromatic rings. The summed E-state index contributed by atoms with van der Waals surface area (Å²) in [4.78, 5) is 0. The van der Waals surface area contributed by atoms with Gasteiger partial charge in [-0.3, -0.25) is 0 Å². The van der Waals surface area contributed by atoms with Crippen LogP contribution in [-0.2, 0) is 0 Å². The van der Waals surface area contributed by atoms with Crippen LogP contribution >= 0.6 is 15.9 Å². The van der Waals surface area contributed by atoms with Crippen molar-refractivity contribution in [1.82, 2.24) is 5.32 Å². The molecule has 3 heteroatoms. The minimum atomic E-state index is 0.389. The van der Waals surface area contributed by atoms with Crippen molar-refractivity contribution in [2.24, 2.45) is 5.41 Å². The van der Waals surface area contributed by atoms with Crippen LogP contribution in [0.4, 0.5) is 0 Å². The standard InChI is InChI=1S/C16H22BrNO/c1-11-5-6-12(17)9-13(11)19-15-10-14(18-2)16(15)7-3-4-8-16/h5-6,9,14-15,18H,3-4,7-8,10H2,1-2H3. The summed E-state index contributed by atoms with van der Waals surface area (Å²) in [7, 11) is 2.09. The number of benzene rings is 1. The van der Waals surface area contributed by atoms with E-state index in [1.54, 1.807) is 0 Å². The summed E-state index contributed by atoms with van der Waals surface area (Å²) in [6, 6.07) is 6.94. The molecule has 2 unspecified atom stereocenters. The highest BCUT2D eigenvalue weighted by atomic mass is 79.9. The van der Waals surface area contributed by atoms with E-state index >= 15 is 0 Å². The fourth-order valence-electron chi connectivity index (χ4n) is 3.88. The first-order valence-corrected chi connectivity index (χ1v) is 8.05. The lowest BCUT2D eigenvalue weighted by Gasteiger charge is -2.53. The summed E-state index contributed by atoms with van der Waals surface area (Å²) in [6.45, 7) is 2.12. The zero-order valence-electron chi connectivity index (χ0n) is 11.7. The summed E-state index contributed by atoms with van der Waals surface area (Å²) in [6.07, 6.45) is 6.88. The second-order valence-electron chi connectivity index (χ2n) is 6.03. The Morgan fingerprint density at radius 2 is 2.05 bits per heavy atom. The van der Waals surface area contributed by atoms with Crippen LogP contribution in [0.25, 0.3) is 0 Å². The largest absolute Gasteiger partial charge is 0.489 e. The average molecular weight is 324 g/mol. The third-order valence-electron chi connectivity index (χ3n) is 5.09. The molecule has 1 spiro atoms. The number of rotatable bonds is 3. The molecule has 3 rings (SSSR count). The molecule has 0 radical (unpaired) electrons. The number of aryl methyl sites for hydroxylation is 1. The molecule has 1 aromatic carbocycles. The lowest BCUT2D eigenvalue weighted by molar-refractivity contribution is -0.0739. The van der Waals surface area contributed by atoms with Gasteiger partial charge in [0.25, 0.3) is 0 Å². The molecule has 2 atom stereocenters. The van der Waals surface area contributed by atoms with Crippen molar-refractivity contribution in [3.05, 3.63) is 28.2 Å². The lowest BCUT2D eigenvalue weighted by Crippen LogP contribution is -2.63. The third kappa shape index (κ3) is 2.21. The van der Waals surface area contributed by atoms with Crippen LogP contribution in [0.1, 0.15) is 37.7 Å². The van der Waals surface area contributed by atoms with Crippen molar-refractivity contribution in [2.75, 3.05) is 7.05 Å². The predicted molar refractivity (Wildman–Crippen MR) is 81.7 cm³/mol. The van der Waals surface area contributed by atoms with Crippen LogP contribution in [0.5, 0.6) is 5.75 Å². The number of halogens is 1. The molecule has 2 fully saturated rings. The maximum atomic E-state index is 6.36. The lowest BCUT2D eigenvalue weighted by atomic mass is 9.60. The van der Waals surface area contributed by atoms with E-state index in [9.17, 15) is 0 Å². The Morgan fingerprint density at radius 1 is 1.32 bits per heavy atom. The Hall–Kier alpha value is -0.540.